The molecule has 1 rings (SSSR count). The Hall–Kier alpha value is 0.690. The van der Waals surface area contributed by atoms with Crippen LogP contribution in [0.3, 0.4) is 0 Å². The van der Waals surface area contributed by atoms with Crippen LogP contribution in [0.2, 0.25) is 0 Å². The van der Waals surface area contributed by atoms with Gasteiger partial charge in [0.05, 0.1) is 0 Å². The molecule has 0 bridgehead atoms. The Morgan fingerprint density at radius 2 is 2.30 bits per heavy atom. The van der Waals surface area contributed by atoms with E-state index >= 15 is 0 Å². The molecular weight excluding hydrogens is 237 g/mol. The summed E-state index contributed by atoms with van der Waals surface area (Å²) in [6.45, 7) is 6.86. The van der Waals surface area contributed by atoms with Gasteiger partial charge < -0.3 is 5.32 Å². The molecule has 0 aromatic carbocycles. The van der Waals surface area contributed by atoms with E-state index in [1.807, 2.05) is 0 Å². The molecule has 10 heavy (non-hydrogen) atoms. The number of alkyl halides is 1. The molecule has 2 unspecified atom stereocenters. The lowest BCUT2D eigenvalue weighted by Gasteiger charge is -2.06. The van der Waals surface area contributed by atoms with Gasteiger partial charge in [0, 0.05) is 15.5 Å². The second kappa shape index (κ2) is 2.97. The molecule has 0 amide bonds. The highest BCUT2D eigenvalue weighted by atomic mass is 127. The number of nitrogens with one attached hydrogen (secondary N) is 1. The van der Waals surface area contributed by atoms with E-state index in [1.165, 1.54) is 12.8 Å². The van der Waals surface area contributed by atoms with Crippen LogP contribution in [0, 0.1) is 0 Å². The number of hydrogen-bond acceptors (Lipinski definition) is 1. The third-order valence-electron chi connectivity index (χ3n) is 2.32. The minimum Gasteiger partial charge on any atom is -0.304 e. The van der Waals surface area contributed by atoms with Crippen LogP contribution in [0.5, 0.6) is 0 Å². The highest BCUT2D eigenvalue weighted by Crippen LogP contribution is 2.35. The summed E-state index contributed by atoms with van der Waals surface area (Å²) >= 11 is 2.50. The van der Waals surface area contributed by atoms with Crippen molar-refractivity contribution in [1.29, 1.82) is 0 Å². The van der Waals surface area contributed by atoms with Gasteiger partial charge in [0.25, 0.3) is 0 Å². The van der Waals surface area contributed by atoms with E-state index in [9.17, 15) is 0 Å². The minimum atomic E-state index is 0.482. The van der Waals surface area contributed by atoms with Gasteiger partial charge in [0.2, 0.25) is 0 Å². The lowest BCUT2D eigenvalue weighted by Crippen LogP contribution is -2.14. The van der Waals surface area contributed by atoms with Gasteiger partial charge in [-0.25, -0.2) is 0 Å². The maximum atomic E-state index is 3.54. The molecule has 3 atom stereocenters. The lowest BCUT2D eigenvalue weighted by molar-refractivity contribution is 0.588. The van der Waals surface area contributed by atoms with Crippen molar-refractivity contribution in [3.05, 3.63) is 0 Å². The van der Waals surface area contributed by atoms with E-state index in [1.54, 1.807) is 0 Å². The van der Waals surface area contributed by atoms with Gasteiger partial charge in [-0.05, 0) is 13.3 Å². The summed E-state index contributed by atoms with van der Waals surface area (Å²) in [7, 11) is 0. The molecule has 0 aliphatic carbocycles. The maximum Gasteiger partial charge on any atom is 0.0368 e. The zero-order valence-corrected chi connectivity index (χ0v) is 9.10. The topological polar surface area (TPSA) is 21.9 Å². The molecule has 0 aromatic rings. The molecule has 2 heteroatoms. The van der Waals surface area contributed by atoms with Gasteiger partial charge in [-0.1, -0.05) is 42.9 Å². The van der Waals surface area contributed by atoms with Crippen LogP contribution in [0.25, 0.3) is 0 Å². The van der Waals surface area contributed by atoms with E-state index in [0.717, 1.165) is 9.97 Å². The van der Waals surface area contributed by atoms with Crippen LogP contribution in [0.15, 0.2) is 0 Å². The Bertz CT molecular complexity index is 124. The summed E-state index contributed by atoms with van der Waals surface area (Å²) in [6, 6.07) is 0.771. The van der Waals surface area contributed by atoms with Crippen molar-refractivity contribution in [2.45, 2.75) is 49.1 Å². The predicted octanol–water partition coefficient (Wildman–Crippen LogP) is 2.34. The van der Waals surface area contributed by atoms with Crippen LogP contribution in [0.1, 0.15) is 33.6 Å². The third kappa shape index (κ3) is 1.64. The van der Waals surface area contributed by atoms with Gasteiger partial charge in [0.1, 0.15) is 0 Å². The largest absolute Gasteiger partial charge is 0.304 e. The van der Waals surface area contributed by atoms with Gasteiger partial charge in [-0.2, -0.15) is 0 Å². The normalized spacial score (nSPS) is 41.4. The molecule has 1 aliphatic rings. The maximum absolute atomic E-state index is 3.54. The van der Waals surface area contributed by atoms with E-state index in [2.05, 4.69) is 48.7 Å². The fraction of sp³-hybridized carbons (Fsp3) is 1.00. The molecule has 0 radical (unpaired) electrons. The zero-order valence-electron chi connectivity index (χ0n) is 6.95. The van der Waals surface area contributed by atoms with Crippen molar-refractivity contribution in [3.8, 4) is 0 Å². The Balaban J connectivity index is 2.33. The van der Waals surface area contributed by atoms with E-state index in [0.29, 0.717) is 5.54 Å². The second-order valence-corrected chi connectivity index (χ2v) is 5.43. The summed E-state index contributed by atoms with van der Waals surface area (Å²) in [5.41, 5.74) is 0.482. The fourth-order valence-corrected chi connectivity index (χ4v) is 2.66. The zero-order chi connectivity index (χ0) is 7.78. The Labute approximate surface area is 77.1 Å². The van der Waals surface area contributed by atoms with E-state index < -0.39 is 0 Å². The first-order chi connectivity index (χ1) is 4.60. The van der Waals surface area contributed by atoms with Crippen LogP contribution in [-0.4, -0.2) is 15.5 Å². The Morgan fingerprint density at radius 1 is 1.70 bits per heavy atom. The van der Waals surface area contributed by atoms with Crippen molar-refractivity contribution in [1.82, 2.24) is 5.32 Å². The molecule has 1 N–H and O–H groups in total. The number of hydrogen-bond donors (Lipinski definition) is 1. The second-order valence-electron chi connectivity index (χ2n) is 3.47. The Morgan fingerprint density at radius 3 is 2.60 bits per heavy atom. The minimum absolute atomic E-state index is 0.482. The quantitative estimate of drug-likeness (QED) is 0.465. The van der Waals surface area contributed by atoms with E-state index in [4.69, 9.17) is 0 Å². The lowest BCUT2D eigenvalue weighted by atomic mass is 10.0. The van der Waals surface area contributed by atoms with Gasteiger partial charge in [-0.3, -0.25) is 0 Å². The monoisotopic (exact) mass is 253 g/mol. The smallest absolute Gasteiger partial charge is 0.0368 e. The summed E-state index contributed by atoms with van der Waals surface area (Å²) in [5.74, 6) is 0. The van der Waals surface area contributed by atoms with Crippen LogP contribution in [0.4, 0.5) is 0 Å². The van der Waals surface area contributed by atoms with Gasteiger partial charge in [-0.15, -0.1) is 0 Å². The predicted molar refractivity (Wildman–Crippen MR) is 53.7 cm³/mol. The molecule has 1 fully saturated rings. The molecule has 1 heterocycles. The molecule has 1 saturated heterocycles. The molecule has 1 aliphatic heterocycles. The van der Waals surface area contributed by atoms with Crippen molar-refractivity contribution >= 4 is 22.6 Å². The molecular formula is C8H16IN. The third-order valence-corrected chi connectivity index (χ3v) is 3.04. The number of halogens is 1. The van der Waals surface area contributed by atoms with Crippen molar-refractivity contribution in [2.75, 3.05) is 0 Å². The molecule has 1 nitrogen and oxygen atoms in total. The first kappa shape index (κ1) is 8.78. The Kier molecular flexibility index (Phi) is 2.61. The van der Waals surface area contributed by atoms with E-state index in [-0.39, 0.29) is 0 Å². The average molecular weight is 253 g/mol. The number of rotatable bonds is 3. The molecule has 60 valence electrons. The summed E-state index contributed by atoms with van der Waals surface area (Å²) < 4.78 is 0.772. The first-order valence-electron chi connectivity index (χ1n) is 4.02. The highest BCUT2D eigenvalue weighted by Gasteiger charge is 2.50. The van der Waals surface area contributed by atoms with Crippen molar-refractivity contribution in [3.63, 3.8) is 0 Å². The average Bonchev–Trinajstić information content (AvgIpc) is 2.43. The van der Waals surface area contributed by atoms with Gasteiger partial charge >= 0.3 is 0 Å². The highest BCUT2D eigenvalue weighted by molar-refractivity contribution is 14.1. The van der Waals surface area contributed by atoms with Crippen molar-refractivity contribution in [2.24, 2.45) is 0 Å². The van der Waals surface area contributed by atoms with Crippen molar-refractivity contribution < 1.29 is 0 Å². The van der Waals surface area contributed by atoms with Crippen LogP contribution < -0.4 is 5.32 Å². The summed E-state index contributed by atoms with van der Waals surface area (Å²) in [6.07, 6.45) is 2.62. The summed E-state index contributed by atoms with van der Waals surface area (Å²) in [4.78, 5) is 0. The SMILES string of the molecule is CCCC1(C)NC1[C@@H](C)I. The molecule has 0 aromatic heterocycles. The summed E-state index contributed by atoms with van der Waals surface area (Å²) in [5, 5.41) is 3.54. The standard InChI is InChI=1S/C8H16IN/c1-4-5-8(3)7(10-8)6(2)9/h6-7,10H,4-5H2,1-3H3/t6-,7?,8?/m1/s1. The van der Waals surface area contributed by atoms with Crippen LogP contribution >= 0.6 is 22.6 Å². The fourth-order valence-electron chi connectivity index (χ4n) is 1.68. The molecule has 0 spiro atoms. The first-order valence-corrected chi connectivity index (χ1v) is 5.26. The molecule has 0 saturated carbocycles. The van der Waals surface area contributed by atoms with Crippen LogP contribution in [-0.2, 0) is 0 Å². The van der Waals surface area contributed by atoms with Gasteiger partial charge in [0.15, 0.2) is 0 Å².